The Hall–Kier alpha value is -1.32. The molecule has 0 radical (unpaired) electrons. The van der Waals surface area contributed by atoms with Crippen LogP contribution in [0.15, 0.2) is 0 Å². The molecule has 1 saturated carbocycles. The van der Waals surface area contributed by atoms with Crippen molar-refractivity contribution in [3.8, 4) is 0 Å². The first-order valence-corrected chi connectivity index (χ1v) is 10.0. The fourth-order valence-corrected chi connectivity index (χ4v) is 5.42. The van der Waals surface area contributed by atoms with Gasteiger partial charge in [0.05, 0.1) is 0 Å². The molecule has 0 spiro atoms. The molecule has 0 aliphatic heterocycles. The van der Waals surface area contributed by atoms with Crippen molar-refractivity contribution in [2.75, 3.05) is 0 Å². The lowest BCUT2D eigenvalue weighted by Crippen LogP contribution is -2.47. The Morgan fingerprint density at radius 3 is 1.85 bits per heavy atom. The molecule has 4 atom stereocenters. The topological polar surface area (TPSA) is 68.3 Å². The quantitative estimate of drug-likeness (QED) is 0.402. The van der Waals surface area contributed by atoms with Gasteiger partial charge in [0.25, 0.3) is 0 Å². The third-order valence-corrected chi connectivity index (χ3v) is 7.58. The van der Waals surface area contributed by atoms with E-state index in [9.17, 15) is 19.2 Å². The van der Waals surface area contributed by atoms with Crippen molar-refractivity contribution in [3.63, 3.8) is 0 Å². The first kappa shape index (κ1) is 22.7. The maximum absolute atomic E-state index is 13.4. The molecule has 1 aliphatic rings. The van der Waals surface area contributed by atoms with Gasteiger partial charge in [-0.05, 0) is 37.5 Å². The van der Waals surface area contributed by atoms with Gasteiger partial charge in [0.2, 0.25) is 0 Å². The summed E-state index contributed by atoms with van der Waals surface area (Å²) < 4.78 is 0. The molecule has 4 nitrogen and oxygen atoms in total. The highest BCUT2D eigenvalue weighted by atomic mass is 16.2. The fourth-order valence-electron chi connectivity index (χ4n) is 5.42. The molecule has 0 amide bonds. The number of hydrogen-bond donors (Lipinski definition) is 0. The molecule has 0 N–H and O–H groups in total. The summed E-state index contributed by atoms with van der Waals surface area (Å²) in [6.07, 6.45) is 2.93. The summed E-state index contributed by atoms with van der Waals surface area (Å²) in [6, 6.07) is 0. The molecule has 0 bridgehead atoms. The third kappa shape index (κ3) is 2.99. The second-order valence-corrected chi connectivity index (χ2v) is 8.70. The summed E-state index contributed by atoms with van der Waals surface area (Å²) in [5, 5.41) is 0. The van der Waals surface area contributed by atoms with Crippen LogP contribution in [0.25, 0.3) is 0 Å². The number of carbonyl (C=O) groups excluding carboxylic acids is 4. The highest BCUT2D eigenvalue weighted by Crippen LogP contribution is 2.62. The fraction of sp³-hybridized carbons (Fsp3) is 0.818. The molecule has 0 aromatic heterocycles. The average Bonchev–Trinajstić information content (AvgIpc) is 3.20. The predicted octanol–water partition coefficient (Wildman–Crippen LogP) is 4.43. The predicted molar refractivity (Wildman–Crippen MR) is 103 cm³/mol. The number of hydrogen-bond acceptors (Lipinski definition) is 4. The molecular weight excluding hydrogens is 328 g/mol. The molecule has 0 saturated heterocycles. The van der Waals surface area contributed by atoms with E-state index in [0.29, 0.717) is 19.3 Å². The van der Waals surface area contributed by atoms with Gasteiger partial charge in [0.1, 0.15) is 29.1 Å². The van der Waals surface area contributed by atoms with E-state index in [1.807, 2.05) is 34.6 Å². The summed E-state index contributed by atoms with van der Waals surface area (Å²) in [5.74, 6) is -1.27. The average molecular weight is 365 g/mol. The minimum Gasteiger partial charge on any atom is -0.303 e. The van der Waals surface area contributed by atoms with Gasteiger partial charge >= 0.3 is 0 Å². The monoisotopic (exact) mass is 364 g/mol. The van der Waals surface area contributed by atoms with E-state index < -0.39 is 22.2 Å². The van der Waals surface area contributed by atoms with Crippen molar-refractivity contribution in [1.82, 2.24) is 0 Å². The van der Waals surface area contributed by atoms with E-state index in [0.717, 1.165) is 6.29 Å². The van der Waals surface area contributed by atoms with E-state index in [4.69, 9.17) is 0 Å². The Labute approximate surface area is 158 Å². The van der Waals surface area contributed by atoms with Crippen molar-refractivity contribution >= 4 is 23.6 Å². The van der Waals surface area contributed by atoms with Crippen LogP contribution >= 0.6 is 0 Å². The minimum absolute atomic E-state index is 0.0969. The molecule has 4 heteroatoms. The van der Waals surface area contributed by atoms with Crippen molar-refractivity contribution in [1.29, 1.82) is 0 Å². The summed E-state index contributed by atoms with van der Waals surface area (Å²) in [5.41, 5.74) is -2.30. The van der Waals surface area contributed by atoms with Crippen LogP contribution in [0.5, 0.6) is 0 Å². The highest BCUT2D eigenvalue weighted by Gasteiger charge is 2.71. The first-order chi connectivity index (χ1) is 12.0. The van der Waals surface area contributed by atoms with Gasteiger partial charge in [-0.15, -0.1) is 0 Å². The number of aldehydes is 1. The third-order valence-electron chi connectivity index (χ3n) is 7.58. The zero-order chi connectivity index (χ0) is 20.5. The Bertz CT molecular complexity index is 587. The molecule has 1 aliphatic carbocycles. The van der Waals surface area contributed by atoms with Gasteiger partial charge < -0.3 is 4.79 Å². The van der Waals surface area contributed by atoms with Crippen LogP contribution in [0.4, 0.5) is 0 Å². The van der Waals surface area contributed by atoms with Crippen LogP contribution < -0.4 is 0 Å². The lowest BCUT2D eigenvalue weighted by molar-refractivity contribution is -0.144. The zero-order valence-corrected chi connectivity index (χ0v) is 17.8. The molecule has 0 aromatic carbocycles. The molecule has 148 valence electrons. The van der Waals surface area contributed by atoms with Crippen molar-refractivity contribution in [3.05, 3.63) is 0 Å². The van der Waals surface area contributed by atoms with E-state index in [1.54, 1.807) is 20.8 Å². The van der Waals surface area contributed by atoms with Crippen LogP contribution in [0.3, 0.4) is 0 Å². The zero-order valence-electron chi connectivity index (χ0n) is 17.8. The number of ketones is 3. The summed E-state index contributed by atoms with van der Waals surface area (Å²) in [6.45, 7) is 15.0. The Morgan fingerprint density at radius 1 is 1.08 bits per heavy atom. The number of rotatable bonds is 11. The highest BCUT2D eigenvalue weighted by molar-refractivity contribution is 6.14. The maximum atomic E-state index is 13.4. The van der Waals surface area contributed by atoms with Crippen LogP contribution in [0, 0.1) is 34.0 Å². The van der Waals surface area contributed by atoms with Gasteiger partial charge in [0, 0.05) is 23.7 Å². The van der Waals surface area contributed by atoms with Crippen LogP contribution in [-0.4, -0.2) is 23.6 Å². The standard InChI is InChI=1S/C22H36O4/c1-9-20(8,21(10-2,11-3)16(7)24)12-18(25)22(19(26)14(4)5)15(6)17(22)13-23/h13-15,17H,9-12H2,1-8H3. The van der Waals surface area contributed by atoms with E-state index >= 15 is 0 Å². The summed E-state index contributed by atoms with van der Waals surface area (Å²) in [7, 11) is 0. The minimum atomic E-state index is -1.18. The molecule has 1 fully saturated rings. The summed E-state index contributed by atoms with van der Waals surface area (Å²) in [4.78, 5) is 50.4. The Kier molecular flexibility index (Phi) is 6.76. The molecule has 26 heavy (non-hydrogen) atoms. The lowest BCUT2D eigenvalue weighted by atomic mass is 9.55. The second kappa shape index (κ2) is 7.74. The van der Waals surface area contributed by atoms with Crippen molar-refractivity contribution in [2.24, 2.45) is 34.0 Å². The number of carbonyl (C=O) groups is 4. The molecule has 4 unspecified atom stereocenters. The summed E-state index contributed by atoms with van der Waals surface area (Å²) >= 11 is 0. The van der Waals surface area contributed by atoms with Crippen LogP contribution in [0.2, 0.25) is 0 Å². The molecule has 0 aromatic rings. The van der Waals surface area contributed by atoms with Crippen molar-refractivity contribution in [2.45, 2.75) is 81.1 Å². The van der Waals surface area contributed by atoms with Gasteiger partial charge in [-0.1, -0.05) is 48.5 Å². The van der Waals surface area contributed by atoms with Gasteiger partial charge in [-0.25, -0.2) is 0 Å². The molecule has 0 heterocycles. The number of Topliss-reactive ketones (excluding diaryl/α,β-unsaturated/α-hetero) is 3. The Balaban J connectivity index is 3.37. The lowest BCUT2D eigenvalue weighted by Gasteiger charge is -2.47. The van der Waals surface area contributed by atoms with Gasteiger partial charge in [-0.3, -0.25) is 14.4 Å². The maximum Gasteiger partial charge on any atom is 0.149 e. The smallest absolute Gasteiger partial charge is 0.149 e. The van der Waals surface area contributed by atoms with Gasteiger partial charge in [0.15, 0.2) is 0 Å². The van der Waals surface area contributed by atoms with Crippen LogP contribution in [0.1, 0.15) is 81.1 Å². The van der Waals surface area contributed by atoms with E-state index in [1.165, 1.54) is 0 Å². The first-order valence-electron chi connectivity index (χ1n) is 10.0. The normalized spacial score (nSPS) is 27.7. The van der Waals surface area contributed by atoms with Crippen LogP contribution in [-0.2, 0) is 19.2 Å². The second-order valence-electron chi connectivity index (χ2n) is 8.70. The van der Waals surface area contributed by atoms with E-state index in [-0.39, 0.29) is 35.6 Å². The largest absolute Gasteiger partial charge is 0.303 e. The Morgan fingerprint density at radius 2 is 1.58 bits per heavy atom. The molecular formula is C22H36O4. The van der Waals surface area contributed by atoms with Crippen molar-refractivity contribution < 1.29 is 19.2 Å². The molecule has 1 rings (SSSR count). The van der Waals surface area contributed by atoms with E-state index in [2.05, 4.69) is 0 Å². The van der Waals surface area contributed by atoms with Gasteiger partial charge in [-0.2, -0.15) is 0 Å². The SMILES string of the molecule is CCC(C)(CC(=O)C1(C(=O)C(C)C)C(C)C1C=O)C(CC)(CC)C(C)=O.